The number of halogens is 4. The molecule has 20 heavy (non-hydrogen) atoms. The number of nitro benzene ring substituents is 1. The summed E-state index contributed by atoms with van der Waals surface area (Å²) in [5.74, 6) is -2.42. The van der Waals surface area contributed by atoms with Crippen LogP contribution < -0.4 is 5.32 Å². The molecule has 0 aliphatic carbocycles. The number of nitrogens with zero attached hydrogens (tertiary/aromatic N) is 2. The molecule has 0 atom stereocenters. The maximum Gasteiger partial charge on any atom is 0.269 e. The van der Waals surface area contributed by atoms with Crippen molar-refractivity contribution in [3.63, 3.8) is 0 Å². The molecular formula is C11H5Cl2F2N3O2. The molecule has 1 N–H and O–H groups in total. The Morgan fingerprint density at radius 2 is 1.60 bits per heavy atom. The summed E-state index contributed by atoms with van der Waals surface area (Å²) in [5, 5.41) is 12.1. The standard InChI is InChI=1S/C11H5Cl2F2N3O2/c12-7-9(8(13)11(15)17-10(7)14)16-5-1-3-6(4-2-5)18(19)20/h1-4H,(H,16,17). The van der Waals surface area contributed by atoms with E-state index < -0.39 is 26.9 Å². The van der Waals surface area contributed by atoms with Crippen LogP contribution in [0.15, 0.2) is 24.3 Å². The van der Waals surface area contributed by atoms with Gasteiger partial charge in [0.2, 0.25) is 11.9 Å². The van der Waals surface area contributed by atoms with Crippen molar-refractivity contribution >= 4 is 40.3 Å². The Hall–Kier alpha value is -1.99. The molecule has 1 heterocycles. The molecule has 0 aliphatic rings. The van der Waals surface area contributed by atoms with Crippen LogP contribution in [0, 0.1) is 22.0 Å². The minimum atomic E-state index is -1.21. The van der Waals surface area contributed by atoms with Crippen LogP contribution in [0.2, 0.25) is 10.0 Å². The van der Waals surface area contributed by atoms with Crippen LogP contribution in [0.4, 0.5) is 25.8 Å². The van der Waals surface area contributed by atoms with Gasteiger partial charge in [-0.3, -0.25) is 10.1 Å². The Morgan fingerprint density at radius 1 is 1.10 bits per heavy atom. The largest absolute Gasteiger partial charge is 0.353 e. The molecule has 0 spiro atoms. The summed E-state index contributed by atoms with van der Waals surface area (Å²) < 4.78 is 26.4. The van der Waals surface area contributed by atoms with Gasteiger partial charge in [0.05, 0.1) is 10.6 Å². The van der Waals surface area contributed by atoms with Gasteiger partial charge in [-0.05, 0) is 12.1 Å². The number of anilines is 2. The van der Waals surface area contributed by atoms with Gasteiger partial charge in [0.15, 0.2) is 0 Å². The van der Waals surface area contributed by atoms with E-state index in [-0.39, 0.29) is 11.4 Å². The molecule has 0 fully saturated rings. The minimum Gasteiger partial charge on any atom is -0.353 e. The van der Waals surface area contributed by atoms with Crippen LogP contribution in [0.1, 0.15) is 0 Å². The van der Waals surface area contributed by atoms with Gasteiger partial charge in [-0.25, -0.2) is 0 Å². The second kappa shape index (κ2) is 5.56. The fourth-order valence-corrected chi connectivity index (χ4v) is 1.82. The van der Waals surface area contributed by atoms with Crippen molar-refractivity contribution < 1.29 is 13.7 Å². The highest BCUT2D eigenvalue weighted by Gasteiger charge is 2.18. The molecule has 0 radical (unpaired) electrons. The topological polar surface area (TPSA) is 68.1 Å². The average Bonchev–Trinajstić information content (AvgIpc) is 2.42. The number of nitrogens with one attached hydrogen (secondary N) is 1. The zero-order valence-corrected chi connectivity index (χ0v) is 11.0. The van der Waals surface area contributed by atoms with Crippen LogP contribution in [0.3, 0.4) is 0 Å². The molecule has 1 aromatic carbocycles. The quantitative estimate of drug-likeness (QED) is 0.519. The molecule has 0 saturated heterocycles. The molecule has 9 heteroatoms. The summed E-state index contributed by atoms with van der Waals surface area (Å²) in [5.41, 5.74) is -0.00332. The van der Waals surface area contributed by atoms with Crippen molar-refractivity contribution in [2.24, 2.45) is 0 Å². The molecule has 0 bridgehead atoms. The van der Waals surface area contributed by atoms with E-state index in [2.05, 4.69) is 10.3 Å². The Balaban J connectivity index is 2.37. The van der Waals surface area contributed by atoms with E-state index in [9.17, 15) is 18.9 Å². The van der Waals surface area contributed by atoms with Gasteiger partial charge < -0.3 is 5.32 Å². The molecule has 0 aliphatic heterocycles. The molecule has 2 rings (SSSR count). The van der Waals surface area contributed by atoms with Crippen LogP contribution in [0.25, 0.3) is 0 Å². The van der Waals surface area contributed by atoms with Crippen LogP contribution >= 0.6 is 23.2 Å². The third-order valence-electron chi connectivity index (χ3n) is 2.35. The molecule has 0 unspecified atom stereocenters. The number of aromatic nitrogens is 1. The molecule has 1 aromatic heterocycles. The zero-order valence-electron chi connectivity index (χ0n) is 9.53. The lowest BCUT2D eigenvalue weighted by Gasteiger charge is -2.10. The van der Waals surface area contributed by atoms with E-state index >= 15 is 0 Å². The number of benzene rings is 1. The first-order valence-corrected chi connectivity index (χ1v) is 5.87. The maximum atomic E-state index is 13.2. The van der Waals surface area contributed by atoms with Crippen molar-refractivity contribution in [3.05, 3.63) is 56.3 Å². The molecule has 104 valence electrons. The monoisotopic (exact) mass is 319 g/mol. The molecule has 0 saturated carbocycles. The van der Waals surface area contributed by atoms with E-state index in [1.54, 1.807) is 0 Å². The number of hydrogen-bond acceptors (Lipinski definition) is 4. The molecular weight excluding hydrogens is 315 g/mol. The normalized spacial score (nSPS) is 10.4. The third-order valence-corrected chi connectivity index (χ3v) is 3.03. The van der Waals surface area contributed by atoms with Crippen LogP contribution in [0.5, 0.6) is 0 Å². The highest BCUT2D eigenvalue weighted by atomic mass is 35.5. The van der Waals surface area contributed by atoms with Crippen molar-refractivity contribution in [2.75, 3.05) is 5.32 Å². The van der Waals surface area contributed by atoms with E-state index in [0.717, 1.165) is 0 Å². The first-order valence-electron chi connectivity index (χ1n) is 5.11. The summed E-state index contributed by atoms with van der Waals surface area (Å²) in [6.45, 7) is 0. The lowest BCUT2D eigenvalue weighted by Crippen LogP contribution is -2.00. The number of pyridine rings is 1. The lowest BCUT2D eigenvalue weighted by atomic mass is 10.2. The van der Waals surface area contributed by atoms with Crippen LogP contribution in [-0.2, 0) is 0 Å². The van der Waals surface area contributed by atoms with E-state index in [1.165, 1.54) is 24.3 Å². The summed E-state index contributed by atoms with van der Waals surface area (Å²) in [6.07, 6.45) is 0. The second-order valence-electron chi connectivity index (χ2n) is 3.63. The van der Waals surface area contributed by atoms with Crippen molar-refractivity contribution in [1.29, 1.82) is 0 Å². The van der Waals surface area contributed by atoms with Gasteiger partial charge in [0.1, 0.15) is 10.0 Å². The molecule has 0 amide bonds. The van der Waals surface area contributed by atoms with E-state index in [1.807, 2.05) is 0 Å². The Bertz CT molecular complexity index is 654. The Kier molecular flexibility index (Phi) is 4.01. The summed E-state index contributed by atoms with van der Waals surface area (Å²) in [7, 11) is 0. The maximum absolute atomic E-state index is 13.2. The zero-order chi connectivity index (χ0) is 14.9. The summed E-state index contributed by atoms with van der Waals surface area (Å²) in [4.78, 5) is 12.8. The summed E-state index contributed by atoms with van der Waals surface area (Å²) >= 11 is 11.3. The van der Waals surface area contributed by atoms with E-state index in [4.69, 9.17) is 23.2 Å². The Morgan fingerprint density at radius 3 is 2.05 bits per heavy atom. The number of rotatable bonds is 3. The highest BCUT2D eigenvalue weighted by Crippen LogP contribution is 2.35. The lowest BCUT2D eigenvalue weighted by molar-refractivity contribution is -0.384. The molecule has 2 aromatic rings. The predicted molar refractivity (Wildman–Crippen MR) is 70.6 cm³/mol. The number of non-ortho nitro benzene ring substituents is 1. The predicted octanol–water partition coefficient (Wildman–Crippen LogP) is 4.32. The van der Waals surface area contributed by atoms with Crippen molar-refractivity contribution in [1.82, 2.24) is 4.98 Å². The van der Waals surface area contributed by atoms with Gasteiger partial charge in [0, 0.05) is 17.8 Å². The third kappa shape index (κ3) is 2.78. The highest BCUT2D eigenvalue weighted by molar-refractivity contribution is 6.39. The van der Waals surface area contributed by atoms with Gasteiger partial charge >= 0.3 is 0 Å². The van der Waals surface area contributed by atoms with Gasteiger partial charge in [-0.15, -0.1) is 0 Å². The second-order valence-corrected chi connectivity index (χ2v) is 4.38. The first-order chi connectivity index (χ1) is 9.40. The molecule has 5 nitrogen and oxygen atoms in total. The van der Waals surface area contributed by atoms with Gasteiger partial charge in [-0.2, -0.15) is 13.8 Å². The SMILES string of the molecule is O=[N+]([O-])c1ccc(Nc2c(Cl)c(F)nc(F)c2Cl)cc1. The fourth-order valence-electron chi connectivity index (χ4n) is 1.41. The Labute approximate surface area is 121 Å². The van der Waals surface area contributed by atoms with Gasteiger partial charge in [-0.1, -0.05) is 23.2 Å². The number of hydrogen-bond donors (Lipinski definition) is 1. The summed E-state index contributed by atoms with van der Waals surface area (Å²) in [6, 6.07) is 5.14. The average molecular weight is 320 g/mol. The van der Waals surface area contributed by atoms with Crippen molar-refractivity contribution in [2.45, 2.75) is 0 Å². The minimum absolute atomic E-state index is 0.125. The fraction of sp³-hybridized carbons (Fsp3) is 0. The van der Waals surface area contributed by atoms with Crippen LogP contribution in [-0.4, -0.2) is 9.91 Å². The smallest absolute Gasteiger partial charge is 0.269 e. The van der Waals surface area contributed by atoms with Crippen molar-refractivity contribution in [3.8, 4) is 0 Å². The first kappa shape index (κ1) is 14.4. The number of nitro groups is 1. The van der Waals surface area contributed by atoms with Gasteiger partial charge in [0.25, 0.3) is 5.69 Å². The van der Waals surface area contributed by atoms with E-state index in [0.29, 0.717) is 5.69 Å².